The molecule has 0 spiro atoms. The summed E-state index contributed by atoms with van der Waals surface area (Å²) < 4.78 is 27.6. The van der Waals surface area contributed by atoms with Crippen molar-refractivity contribution in [2.45, 2.75) is 10.4 Å². The van der Waals surface area contributed by atoms with E-state index in [4.69, 9.17) is 5.73 Å². The first kappa shape index (κ1) is 10.8. The van der Waals surface area contributed by atoms with E-state index in [9.17, 15) is 8.78 Å². The maximum absolute atomic E-state index is 13.3. The molecule has 0 saturated carbocycles. The van der Waals surface area contributed by atoms with Gasteiger partial charge >= 0.3 is 0 Å². The molecule has 1 aliphatic rings. The summed E-state index contributed by atoms with van der Waals surface area (Å²) in [4.78, 5) is 0.360. The van der Waals surface area contributed by atoms with Crippen LogP contribution in [0.1, 0.15) is 0 Å². The Morgan fingerprint density at radius 3 is 2.80 bits per heavy atom. The Kier molecular flexibility index (Phi) is 3.18. The molecule has 80 valence electrons. The van der Waals surface area contributed by atoms with E-state index < -0.39 is 11.6 Å². The van der Waals surface area contributed by atoms with E-state index in [0.29, 0.717) is 4.90 Å². The van der Waals surface area contributed by atoms with Crippen LogP contribution < -0.4 is 5.73 Å². The van der Waals surface area contributed by atoms with Crippen molar-refractivity contribution in [3.8, 4) is 0 Å². The molecule has 1 aromatic rings. The molecule has 0 aromatic heterocycles. The van der Waals surface area contributed by atoms with Crippen molar-refractivity contribution in [3.05, 3.63) is 41.4 Å². The van der Waals surface area contributed by atoms with Crippen molar-refractivity contribution in [1.29, 1.82) is 0 Å². The second-order valence-corrected chi connectivity index (χ2v) is 4.91. The molecule has 0 radical (unpaired) electrons. The van der Waals surface area contributed by atoms with Crippen molar-refractivity contribution in [1.82, 2.24) is 4.31 Å². The second kappa shape index (κ2) is 4.42. The van der Waals surface area contributed by atoms with Crippen molar-refractivity contribution >= 4 is 23.7 Å². The molecule has 1 unspecified atom stereocenters. The SMILES string of the molecule is NC1SC=CN1Sc1ccc(F)cc1F. The largest absolute Gasteiger partial charge is 0.302 e. The third kappa shape index (κ3) is 2.45. The molecule has 1 heterocycles. The summed E-state index contributed by atoms with van der Waals surface area (Å²) in [7, 11) is 0. The summed E-state index contributed by atoms with van der Waals surface area (Å²) in [5, 5.41) is 1.83. The molecule has 2 N–H and O–H groups in total. The highest BCUT2D eigenvalue weighted by Crippen LogP contribution is 2.33. The van der Waals surface area contributed by atoms with Crippen molar-refractivity contribution in [2.75, 3.05) is 0 Å². The molecule has 0 amide bonds. The number of halogens is 2. The van der Waals surface area contributed by atoms with E-state index in [-0.39, 0.29) is 5.50 Å². The van der Waals surface area contributed by atoms with Crippen LogP contribution in [0.3, 0.4) is 0 Å². The van der Waals surface area contributed by atoms with Crippen molar-refractivity contribution in [3.63, 3.8) is 0 Å². The molecular formula is C9H8F2N2S2. The van der Waals surface area contributed by atoms with Crippen LogP contribution in [0.4, 0.5) is 8.78 Å². The summed E-state index contributed by atoms with van der Waals surface area (Å²) in [5.41, 5.74) is 5.49. The normalized spacial score (nSPS) is 19.9. The second-order valence-electron chi connectivity index (χ2n) is 2.84. The fraction of sp³-hybridized carbons (Fsp3) is 0.111. The molecule has 0 fully saturated rings. The van der Waals surface area contributed by atoms with Crippen LogP contribution in [0.25, 0.3) is 0 Å². The average molecular weight is 246 g/mol. The first-order chi connectivity index (χ1) is 7.16. The Hall–Kier alpha value is -0.720. The quantitative estimate of drug-likeness (QED) is 0.812. The summed E-state index contributed by atoms with van der Waals surface area (Å²) in [6, 6.07) is 3.49. The topological polar surface area (TPSA) is 29.3 Å². The zero-order valence-electron chi connectivity index (χ0n) is 7.56. The summed E-state index contributed by atoms with van der Waals surface area (Å²) in [6.07, 6.45) is 1.77. The highest BCUT2D eigenvalue weighted by atomic mass is 32.2. The van der Waals surface area contributed by atoms with E-state index >= 15 is 0 Å². The van der Waals surface area contributed by atoms with Crippen molar-refractivity contribution in [2.24, 2.45) is 5.73 Å². The first-order valence-electron chi connectivity index (χ1n) is 4.16. The van der Waals surface area contributed by atoms with Gasteiger partial charge in [-0.1, -0.05) is 11.8 Å². The van der Waals surface area contributed by atoms with Gasteiger partial charge in [-0.2, -0.15) is 0 Å². The van der Waals surface area contributed by atoms with E-state index in [1.54, 1.807) is 10.5 Å². The zero-order valence-corrected chi connectivity index (χ0v) is 9.19. The van der Waals surface area contributed by atoms with Crippen LogP contribution in [0.5, 0.6) is 0 Å². The summed E-state index contributed by atoms with van der Waals surface area (Å²) >= 11 is 2.59. The lowest BCUT2D eigenvalue weighted by Gasteiger charge is -2.19. The number of hydrogen-bond donors (Lipinski definition) is 1. The Morgan fingerprint density at radius 1 is 1.40 bits per heavy atom. The van der Waals surface area contributed by atoms with E-state index in [1.807, 2.05) is 5.41 Å². The first-order valence-corrected chi connectivity index (χ1v) is 5.87. The van der Waals surface area contributed by atoms with E-state index in [0.717, 1.165) is 18.0 Å². The third-order valence-corrected chi connectivity index (χ3v) is 3.78. The van der Waals surface area contributed by atoms with Gasteiger partial charge in [0.25, 0.3) is 0 Å². The van der Waals surface area contributed by atoms with Crippen LogP contribution in [0, 0.1) is 11.6 Å². The molecule has 0 aliphatic carbocycles. The van der Waals surface area contributed by atoms with Crippen LogP contribution >= 0.6 is 23.7 Å². The maximum atomic E-state index is 13.3. The predicted octanol–water partition coefficient (Wildman–Crippen LogP) is 2.73. The van der Waals surface area contributed by atoms with Gasteiger partial charge in [-0.15, -0.1) is 0 Å². The van der Waals surface area contributed by atoms with Crippen LogP contribution in [-0.2, 0) is 0 Å². The van der Waals surface area contributed by atoms with Crippen LogP contribution in [0.2, 0.25) is 0 Å². The molecule has 6 heteroatoms. The lowest BCUT2D eigenvalue weighted by atomic mass is 10.3. The molecule has 2 rings (SSSR count). The minimum atomic E-state index is -0.576. The third-order valence-electron chi connectivity index (χ3n) is 1.77. The van der Waals surface area contributed by atoms with Gasteiger partial charge in [0.2, 0.25) is 0 Å². The van der Waals surface area contributed by atoms with Crippen LogP contribution in [0.15, 0.2) is 34.7 Å². The predicted molar refractivity (Wildman–Crippen MR) is 58.8 cm³/mol. The number of benzene rings is 1. The minimum absolute atomic E-state index is 0.223. The lowest BCUT2D eigenvalue weighted by Crippen LogP contribution is -2.26. The maximum Gasteiger partial charge on any atom is 0.141 e. The van der Waals surface area contributed by atoms with E-state index in [1.165, 1.54) is 23.9 Å². The molecule has 1 aliphatic heterocycles. The van der Waals surface area contributed by atoms with Gasteiger partial charge in [-0.05, 0) is 29.5 Å². The smallest absolute Gasteiger partial charge is 0.141 e. The Balaban J connectivity index is 2.13. The standard InChI is InChI=1S/C9H8F2N2S2/c10-6-1-2-8(7(11)5-6)15-13-3-4-14-9(13)12/h1-5,9H,12H2. The van der Waals surface area contributed by atoms with Gasteiger partial charge in [-0.3, -0.25) is 4.31 Å². The van der Waals surface area contributed by atoms with Crippen LogP contribution in [-0.4, -0.2) is 9.80 Å². The number of hydrogen-bond acceptors (Lipinski definition) is 4. The summed E-state index contributed by atoms with van der Waals surface area (Å²) in [6.45, 7) is 0. The lowest BCUT2D eigenvalue weighted by molar-refractivity contribution is 0.558. The molecule has 1 atom stereocenters. The van der Waals surface area contributed by atoms with Gasteiger partial charge < -0.3 is 5.73 Å². The Morgan fingerprint density at radius 2 is 2.20 bits per heavy atom. The summed E-state index contributed by atoms with van der Waals surface area (Å²) in [5.74, 6) is -1.15. The van der Waals surface area contributed by atoms with Gasteiger partial charge in [-0.25, -0.2) is 8.78 Å². The fourth-order valence-corrected chi connectivity index (χ4v) is 2.70. The van der Waals surface area contributed by atoms with Gasteiger partial charge in [0, 0.05) is 12.3 Å². The van der Waals surface area contributed by atoms with Gasteiger partial charge in [0.1, 0.15) is 17.1 Å². The molecular weight excluding hydrogens is 238 g/mol. The molecule has 2 nitrogen and oxygen atoms in total. The molecule has 15 heavy (non-hydrogen) atoms. The number of nitrogens with zero attached hydrogens (tertiary/aromatic N) is 1. The van der Waals surface area contributed by atoms with Gasteiger partial charge in [0.15, 0.2) is 0 Å². The Bertz CT molecular complexity index is 398. The monoisotopic (exact) mass is 246 g/mol. The average Bonchev–Trinajstić information content (AvgIpc) is 2.57. The molecule has 1 aromatic carbocycles. The van der Waals surface area contributed by atoms with Crippen molar-refractivity contribution < 1.29 is 8.78 Å². The number of nitrogens with two attached hydrogens (primary N) is 1. The highest BCUT2D eigenvalue weighted by molar-refractivity contribution is 8.04. The highest BCUT2D eigenvalue weighted by Gasteiger charge is 2.18. The Labute approximate surface area is 94.6 Å². The number of rotatable bonds is 2. The zero-order chi connectivity index (χ0) is 10.8. The fourth-order valence-electron chi connectivity index (χ4n) is 1.07. The van der Waals surface area contributed by atoms with E-state index in [2.05, 4.69) is 0 Å². The number of thioether (sulfide) groups is 1. The molecule has 0 saturated heterocycles. The van der Waals surface area contributed by atoms with Gasteiger partial charge in [0.05, 0.1) is 4.90 Å². The minimum Gasteiger partial charge on any atom is -0.302 e. The molecule has 0 bridgehead atoms.